The number of fused-ring (bicyclic) bond motifs is 1. The van der Waals surface area contributed by atoms with E-state index < -0.39 is 0 Å². The fourth-order valence-electron chi connectivity index (χ4n) is 3.03. The van der Waals surface area contributed by atoms with Crippen LogP contribution in [0.25, 0.3) is 0 Å². The smallest absolute Gasteiger partial charge is 0.258 e. The summed E-state index contributed by atoms with van der Waals surface area (Å²) in [5.74, 6) is -0.0378. The lowest BCUT2D eigenvalue weighted by Gasteiger charge is -2.19. The number of anilines is 1. The highest BCUT2D eigenvalue weighted by atomic mass is 16.2. The second kappa shape index (κ2) is 6.05. The Morgan fingerprint density at radius 3 is 2.61 bits per heavy atom. The maximum atomic E-state index is 12.7. The van der Waals surface area contributed by atoms with E-state index in [1.54, 1.807) is 23.1 Å². The lowest BCUT2D eigenvalue weighted by atomic mass is 10.00. The SMILES string of the molecule is CC(=O)Cc1cc(C#N)c2c(c1)CCN2C(=O)c1ccccc1. The molecule has 3 rings (SSSR count). The fraction of sp³-hybridized carbons (Fsp3) is 0.211. The number of hydrogen-bond acceptors (Lipinski definition) is 3. The standard InChI is InChI=1S/C19H16N2O2/c1-13(22)9-14-10-16-7-8-21(18(16)17(11-14)12-20)19(23)15-5-3-2-4-6-15/h2-6,10-11H,7-9H2,1H3. The highest BCUT2D eigenvalue weighted by Crippen LogP contribution is 2.34. The van der Waals surface area contributed by atoms with Crippen LogP contribution in [0.4, 0.5) is 5.69 Å². The summed E-state index contributed by atoms with van der Waals surface area (Å²) in [6, 6.07) is 14.9. The van der Waals surface area contributed by atoms with Gasteiger partial charge in [0.25, 0.3) is 5.91 Å². The summed E-state index contributed by atoms with van der Waals surface area (Å²) in [6.07, 6.45) is 1.02. The Balaban J connectivity index is 2.01. The van der Waals surface area contributed by atoms with Crippen molar-refractivity contribution < 1.29 is 9.59 Å². The molecule has 2 aromatic carbocycles. The summed E-state index contributed by atoms with van der Waals surface area (Å²) in [4.78, 5) is 25.7. The number of rotatable bonds is 3. The van der Waals surface area contributed by atoms with Gasteiger partial charge in [-0.15, -0.1) is 0 Å². The highest BCUT2D eigenvalue weighted by Gasteiger charge is 2.28. The Bertz CT molecular complexity index is 819. The monoisotopic (exact) mass is 304 g/mol. The van der Waals surface area contributed by atoms with Gasteiger partial charge in [0.15, 0.2) is 0 Å². The van der Waals surface area contributed by atoms with Gasteiger partial charge in [-0.05, 0) is 42.7 Å². The molecule has 1 aliphatic rings. The minimum atomic E-state index is -0.0971. The van der Waals surface area contributed by atoms with Crippen LogP contribution in [0.2, 0.25) is 0 Å². The van der Waals surface area contributed by atoms with E-state index in [2.05, 4.69) is 6.07 Å². The molecule has 4 heteroatoms. The molecule has 0 spiro atoms. The van der Waals surface area contributed by atoms with Gasteiger partial charge in [-0.2, -0.15) is 5.26 Å². The van der Waals surface area contributed by atoms with Gasteiger partial charge in [-0.3, -0.25) is 9.59 Å². The van der Waals surface area contributed by atoms with Gasteiger partial charge in [0.1, 0.15) is 11.9 Å². The third-order valence-corrected chi connectivity index (χ3v) is 3.96. The molecule has 1 heterocycles. The van der Waals surface area contributed by atoms with E-state index >= 15 is 0 Å². The maximum Gasteiger partial charge on any atom is 0.258 e. The number of carbonyl (C=O) groups is 2. The van der Waals surface area contributed by atoms with Crippen molar-refractivity contribution >= 4 is 17.4 Å². The van der Waals surface area contributed by atoms with Gasteiger partial charge >= 0.3 is 0 Å². The Kier molecular flexibility index (Phi) is 3.94. The van der Waals surface area contributed by atoms with E-state index in [0.717, 1.165) is 11.1 Å². The van der Waals surface area contributed by atoms with E-state index in [0.29, 0.717) is 36.2 Å². The first kappa shape index (κ1) is 15.0. The normalized spacial score (nSPS) is 12.6. The Hall–Kier alpha value is -2.93. The van der Waals surface area contributed by atoms with Crippen molar-refractivity contribution in [2.45, 2.75) is 19.8 Å². The summed E-state index contributed by atoms with van der Waals surface area (Å²) in [6.45, 7) is 2.09. The molecular formula is C19H16N2O2. The van der Waals surface area contributed by atoms with Gasteiger partial charge < -0.3 is 4.90 Å². The number of amides is 1. The van der Waals surface area contributed by atoms with Gasteiger partial charge in [-0.1, -0.05) is 24.3 Å². The van der Waals surface area contributed by atoms with Crippen molar-refractivity contribution in [3.05, 3.63) is 64.7 Å². The van der Waals surface area contributed by atoms with Crippen molar-refractivity contribution in [1.82, 2.24) is 0 Å². The third kappa shape index (κ3) is 2.86. The van der Waals surface area contributed by atoms with Crippen molar-refractivity contribution in [3.63, 3.8) is 0 Å². The zero-order valence-electron chi connectivity index (χ0n) is 12.9. The molecule has 2 aromatic rings. The number of nitriles is 1. The average molecular weight is 304 g/mol. The van der Waals surface area contributed by atoms with Crippen LogP contribution >= 0.6 is 0 Å². The molecule has 0 bridgehead atoms. The van der Waals surface area contributed by atoms with Crippen LogP contribution in [0.3, 0.4) is 0 Å². The zero-order valence-corrected chi connectivity index (χ0v) is 12.9. The van der Waals surface area contributed by atoms with Crippen LogP contribution in [-0.4, -0.2) is 18.2 Å². The molecule has 1 amide bonds. The van der Waals surface area contributed by atoms with E-state index in [1.807, 2.05) is 24.3 Å². The predicted molar refractivity (Wildman–Crippen MR) is 87.4 cm³/mol. The minimum absolute atomic E-state index is 0.0593. The lowest BCUT2D eigenvalue weighted by Crippen LogP contribution is -2.29. The molecule has 0 atom stereocenters. The summed E-state index contributed by atoms with van der Waals surface area (Å²) >= 11 is 0. The lowest BCUT2D eigenvalue weighted by molar-refractivity contribution is -0.116. The largest absolute Gasteiger partial charge is 0.306 e. The van der Waals surface area contributed by atoms with Gasteiger partial charge in [0.05, 0.1) is 11.3 Å². The molecule has 114 valence electrons. The molecule has 23 heavy (non-hydrogen) atoms. The number of carbonyl (C=O) groups excluding carboxylic acids is 2. The van der Waals surface area contributed by atoms with Crippen LogP contribution < -0.4 is 4.90 Å². The number of ketones is 1. The van der Waals surface area contributed by atoms with Crippen LogP contribution in [0.15, 0.2) is 42.5 Å². The van der Waals surface area contributed by atoms with Gasteiger partial charge in [-0.25, -0.2) is 0 Å². The molecule has 1 aliphatic heterocycles. The quantitative estimate of drug-likeness (QED) is 0.876. The molecular weight excluding hydrogens is 288 g/mol. The predicted octanol–water partition coefficient (Wildman–Crippen LogP) is 2.89. The number of benzene rings is 2. The number of Topliss-reactive ketones (excluding diaryl/α,β-unsaturated/α-hetero) is 1. The Labute approximate surface area is 135 Å². The van der Waals surface area contributed by atoms with Crippen LogP contribution in [0.1, 0.15) is 34.0 Å². The summed E-state index contributed by atoms with van der Waals surface area (Å²) in [5.41, 5.74) is 3.55. The second-order valence-electron chi connectivity index (χ2n) is 5.71. The Morgan fingerprint density at radius 2 is 1.96 bits per heavy atom. The molecule has 0 radical (unpaired) electrons. The molecule has 4 nitrogen and oxygen atoms in total. The van der Waals surface area contributed by atoms with Crippen molar-refractivity contribution in [2.24, 2.45) is 0 Å². The second-order valence-corrected chi connectivity index (χ2v) is 5.71. The third-order valence-electron chi connectivity index (χ3n) is 3.96. The van der Waals surface area contributed by atoms with Gasteiger partial charge in [0, 0.05) is 18.5 Å². The summed E-state index contributed by atoms with van der Waals surface area (Å²) < 4.78 is 0. The first-order valence-corrected chi connectivity index (χ1v) is 7.52. The molecule has 0 fully saturated rings. The average Bonchev–Trinajstić information content (AvgIpc) is 2.97. The van der Waals surface area contributed by atoms with E-state index in [-0.39, 0.29) is 11.7 Å². The first-order chi connectivity index (χ1) is 11.1. The number of hydrogen-bond donors (Lipinski definition) is 0. The van der Waals surface area contributed by atoms with Crippen molar-refractivity contribution in [3.8, 4) is 6.07 Å². The highest BCUT2D eigenvalue weighted by molar-refractivity contribution is 6.08. The van der Waals surface area contributed by atoms with Crippen LogP contribution in [0, 0.1) is 11.3 Å². The van der Waals surface area contributed by atoms with Crippen molar-refractivity contribution in [2.75, 3.05) is 11.4 Å². The number of nitrogens with zero attached hydrogens (tertiary/aromatic N) is 2. The van der Waals surface area contributed by atoms with E-state index in [1.165, 1.54) is 6.92 Å². The topological polar surface area (TPSA) is 61.2 Å². The summed E-state index contributed by atoms with van der Waals surface area (Å²) in [5, 5.41) is 9.46. The molecule has 0 saturated heterocycles. The van der Waals surface area contributed by atoms with Crippen molar-refractivity contribution in [1.29, 1.82) is 5.26 Å². The van der Waals surface area contributed by atoms with E-state index in [4.69, 9.17) is 0 Å². The molecule has 0 saturated carbocycles. The molecule has 0 unspecified atom stereocenters. The fourth-order valence-corrected chi connectivity index (χ4v) is 3.03. The molecule has 0 aromatic heterocycles. The first-order valence-electron chi connectivity index (χ1n) is 7.52. The molecule has 0 aliphatic carbocycles. The zero-order chi connectivity index (χ0) is 16.4. The Morgan fingerprint density at radius 1 is 1.22 bits per heavy atom. The van der Waals surface area contributed by atoms with Gasteiger partial charge in [0.2, 0.25) is 0 Å². The van der Waals surface area contributed by atoms with E-state index in [9.17, 15) is 14.9 Å². The molecule has 0 N–H and O–H groups in total. The van der Waals surface area contributed by atoms with Crippen LogP contribution in [-0.2, 0) is 17.6 Å². The van der Waals surface area contributed by atoms with Crippen LogP contribution in [0.5, 0.6) is 0 Å². The summed E-state index contributed by atoms with van der Waals surface area (Å²) in [7, 11) is 0. The maximum absolute atomic E-state index is 12.7. The minimum Gasteiger partial charge on any atom is -0.306 e.